The number of aromatic nitrogens is 1. The molecule has 5 heteroatoms. The molecule has 5 nitrogen and oxygen atoms in total. The first-order valence-electron chi connectivity index (χ1n) is 10.7. The Kier molecular flexibility index (Phi) is 7.60. The van der Waals surface area contributed by atoms with Crippen LogP contribution in [0.4, 0.5) is 4.79 Å². The van der Waals surface area contributed by atoms with E-state index in [2.05, 4.69) is 29.0 Å². The van der Waals surface area contributed by atoms with Crippen LogP contribution in [0, 0.1) is 18.3 Å². The molecular formula is C24H33N3O2. The number of benzene rings is 1. The average molecular weight is 396 g/mol. The zero-order valence-corrected chi connectivity index (χ0v) is 17.7. The first-order valence-corrected chi connectivity index (χ1v) is 10.7. The van der Waals surface area contributed by atoms with E-state index < -0.39 is 6.09 Å². The SMILES string of the molecule is C#CCN(C)C(=O)Oc1ccc2c(CN(C)CCC3CCCCCC3)c[nH]c2c1. The Labute approximate surface area is 174 Å². The van der Waals surface area contributed by atoms with Crippen molar-refractivity contribution in [1.29, 1.82) is 0 Å². The van der Waals surface area contributed by atoms with E-state index in [9.17, 15) is 4.79 Å². The maximum Gasteiger partial charge on any atom is 0.415 e. The quantitative estimate of drug-likeness (QED) is 0.529. The molecule has 0 spiro atoms. The van der Waals surface area contributed by atoms with Gasteiger partial charge in [0, 0.05) is 36.8 Å². The predicted octanol–water partition coefficient (Wildman–Crippen LogP) is 5.02. The van der Waals surface area contributed by atoms with Gasteiger partial charge in [-0.05, 0) is 43.6 Å². The highest BCUT2D eigenvalue weighted by Crippen LogP contribution is 2.27. The van der Waals surface area contributed by atoms with Gasteiger partial charge in [-0.25, -0.2) is 4.79 Å². The third-order valence-corrected chi connectivity index (χ3v) is 5.92. The van der Waals surface area contributed by atoms with Gasteiger partial charge in [0.25, 0.3) is 0 Å². The van der Waals surface area contributed by atoms with Crippen LogP contribution < -0.4 is 4.74 Å². The second-order valence-electron chi connectivity index (χ2n) is 8.33. The highest BCUT2D eigenvalue weighted by atomic mass is 16.6. The number of terminal acetylenes is 1. The van der Waals surface area contributed by atoms with E-state index in [1.165, 1.54) is 60.8 Å². The maximum atomic E-state index is 12.0. The second kappa shape index (κ2) is 10.4. The summed E-state index contributed by atoms with van der Waals surface area (Å²) in [6, 6.07) is 5.73. The summed E-state index contributed by atoms with van der Waals surface area (Å²) in [5, 5.41) is 1.17. The molecule has 2 aromatic rings. The van der Waals surface area contributed by atoms with E-state index in [1.807, 2.05) is 18.2 Å². The molecule has 1 aromatic carbocycles. The lowest BCUT2D eigenvalue weighted by Gasteiger charge is -2.20. The molecule has 0 bridgehead atoms. The van der Waals surface area contributed by atoms with Crippen LogP contribution in [0.1, 0.15) is 50.5 Å². The number of hydrogen-bond acceptors (Lipinski definition) is 3. The standard InChI is InChI=1S/C24H33N3O2/c1-4-14-27(3)24(28)29-21-11-12-22-20(17-25-23(22)16-21)18-26(2)15-13-19-9-7-5-6-8-10-19/h1,11-12,16-17,19,25H,5-10,13-15,18H2,2-3H3. The number of H-pyrrole nitrogens is 1. The van der Waals surface area contributed by atoms with Crippen LogP contribution in [0.3, 0.4) is 0 Å². The van der Waals surface area contributed by atoms with E-state index in [1.54, 1.807) is 7.05 Å². The highest BCUT2D eigenvalue weighted by Gasteiger charge is 2.15. The van der Waals surface area contributed by atoms with Crippen molar-refractivity contribution in [2.75, 3.05) is 27.2 Å². The summed E-state index contributed by atoms with van der Waals surface area (Å²) in [5.74, 6) is 3.85. The van der Waals surface area contributed by atoms with Crippen molar-refractivity contribution in [3.8, 4) is 18.1 Å². The van der Waals surface area contributed by atoms with Crippen LogP contribution in [0.15, 0.2) is 24.4 Å². The Morgan fingerprint density at radius 1 is 1.24 bits per heavy atom. The number of rotatable bonds is 7. The maximum absolute atomic E-state index is 12.0. The lowest BCUT2D eigenvalue weighted by Crippen LogP contribution is -2.29. The molecule has 1 heterocycles. The number of nitrogens with zero attached hydrogens (tertiary/aromatic N) is 2. The van der Waals surface area contributed by atoms with Gasteiger partial charge >= 0.3 is 6.09 Å². The fourth-order valence-corrected chi connectivity index (χ4v) is 4.17. The Bertz CT molecular complexity index is 843. The number of amides is 1. The molecule has 1 N–H and O–H groups in total. The molecule has 1 fully saturated rings. The zero-order chi connectivity index (χ0) is 20.6. The molecule has 0 aliphatic heterocycles. The fraction of sp³-hybridized carbons (Fsp3) is 0.542. The smallest absolute Gasteiger partial charge is 0.410 e. The molecule has 0 unspecified atom stereocenters. The van der Waals surface area contributed by atoms with Crippen LogP contribution in [0.2, 0.25) is 0 Å². The van der Waals surface area contributed by atoms with E-state index in [4.69, 9.17) is 11.2 Å². The molecule has 0 atom stereocenters. The normalized spacial score (nSPS) is 15.2. The molecule has 29 heavy (non-hydrogen) atoms. The first kappa shape index (κ1) is 21.3. The van der Waals surface area contributed by atoms with E-state index in [-0.39, 0.29) is 6.54 Å². The van der Waals surface area contributed by atoms with Gasteiger partial charge in [-0.3, -0.25) is 4.90 Å². The van der Waals surface area contributed by atoms with Gasteiger partial charge in [-0.15, -0.1) is 6.42 Å². The summed E-state index contributed by atoms with van der Waals surface area (Å²) < 4.78 is 5.40. The van der Waals surface area contributed by atoms with Crippen LogP contribution in [0.25, 0.3) is 10.9 Å². The topological polar surface area (TPSA) is 48.6 Å². The summed E-state index contributed by atoms with van der Waals surface area (Å²) in [6.07, 6.45) is 16.6. The van der Waals surface area contributed by atoms with Gasteiger partial charge in [0.05, 0.1) is 6.54 Å². The van der Waals surface area contributed by atoms with Crippen molar-refractivity contribution < 1.29 is 9.53 Å². The average Bonchev–Trinajstić information content (AvgIpc) is 2.91. The number of aromatic amines is 1. The van der Waals surface area contributed by atoms with Gasteiger partial charge in [-0.2, -0.15) is 0 Å². The molecule has 1 aliphatic carbocycles. The van der Waals surface area contributed by atoms with Crippen molar-refractivity contribution in [3.63, 3.8) is 0 Å². The van der Waals surface area contributed by atoms with E-state index in [0.717, 1.165) is 24.5 Å². The third-order valence-electron chi connectivity index (χ3n) is 5.92. The van der Waals surface area contributed by atoms with Gasteiger partial charge in [0.1, 0.15) is 5.75 Å². The lowest BCUT2D eigenvalue weighted by molar-refractivity contribution is 0.168. The van der Waals surface area contributed by atoms with Crippen LogP contribution >= 0.6 is 0 Å². The molecule has 0 saturated heterocycles. The molecule has 1 aliphatic rings. The largest absolute Gasteiger partial charge is 0.415 e. The lowest BCUT2D eigenvalue weighted by atomic mass is 9.96. The van der Waals surface area contributed by atoms with E-state index >= 15 is 0 Å². The van der Waals surface area contributed by atoms with Crippen molar-refractivity contribution in [2.45, 2.75) is 51.5 Å². The van der Waals surface area contributed by atoms with Gasteiger partial charge in [-0.1, -0.05) is 44.4 Å². The van der Waals surface area contributed by atoms with Gasteiger partial charge < -0.3 is 14.6 Å². The summed E-state index contributed by atoms with van der Waals surface area (Å²) in [7, 11) is 3.82. The minimum absolute atomic E-state index is 0.223. The monoisotopic (exact) mass is 395 g/mol. The number of fused-ring (bicyclic) bond motifs is 1. The molecule has 0 radical (unpaired) electrons. The molecule has 156 valence electrons. The van der Waals surface area contributed by atoms with E-state index in [0.29, 0.717) is 5.75 Å². The second-order valence-corrected chi connectivity index (χ2v) is 8.33. The minimum atomic E-state index is -0.452. The summed E-state index contributed by atoms with van der Waals surface area (Å²) >= 11 is 0. The molecule has 3 rings (SSSR count). The molecule has 1 aromatic heterocycles. The Morgan fingerprint density at radius 3 is 2.72 bits per heavy atom. The van der Waals surface area contributed by atoms with Crippen molar-refractivity contribution in [1.82, 2.24) is 14.8 Å². The predicted molar refractivity (Wildman–Crippen MR) is 118 cm³/mol. The minimum Gasteiger partial charge on any atom is -0.410 e. The summed E-state index contributed by atoms with van der Waals surface area (Å²) in [6.45, 7) is 2.27. The van der Waals surface area contributed by atoms with Crippen LogP contribution in [0.5, 0.6) is 5.75 Å². The summed E-state index contributed by atoms with van der Waals surface area (Å²) in [5.41, 5.74) is 2.24. The zero-order valence-electron chi connectivity index (χ0n) is 17.7. The first-order chi connectivity index (χ1) is 14.1. The Balaban J connectivity index is 1.56. The number of carbonyl (C=O) groups is 1. The number of carbonyl (C=O) groups excluding carboxylic acids is 1. The van der Waals surface area contributed by atoms with Gasteiger partial charge in [0.2, 0.25) is 0 Å². The van der Waals surface area contributed by atoms with Crippen LogP contribution in [-0.4, -0.2) is 48.1 Å². The van der Waals surface area contributed by atoms with Gasteiger partial charge in [0.15, 0.2) is 0 Å². The Morgan fingerprint density at radius 2 is 2.00 bits per heavy atom. The highest BCUT2D eigenvalue weighted by molar-refractivity contribution is 5.85. The summed E-state index contributed by atoms with van der Waals surface area (Å²) in [4.78, 5) is 19.1. The molecule has 1 amide bonds. The molecule has 1 saturated carbocycles. The van der Waals surface area contributed by atoms with Crippen molar-refractivity contribution in [3.05, 3.63) is 30.0 Å². The number of ether oxygens (including phenoxy) is 1. The number of hydrogen-bond donors (Lipinski definition) is 1. The molecular weight excluding hydrogens is 362 g/mol. The van der Waals surface area contributed by atoms with Crippen LogP contribution in [-0.2, 0) is 6.54 Å². The third kappa shape index (κ3) is 6.01. The number of nitrogens with one attached hydrogen (secondary N) is 1. The fourth-order valence-electron chi connectivity index (χ4n) is 4.17. The van der Waals surface area contributed by atoms with Crippen molar-refractivity contribution >= 4 is 17.0 Å². The Hall–Kier alpha value is -2.45. The van der Waals surface area contributed by atoms with Crippen molar-refractivity contribution in [2.24, 2.45) is 5.92 Å².